The van der Waals surface area contributed by atoms with E-state index >= 15 is 0 Å². The molecule has 1 aromatic rings. The SMILES string of the molecule is O=COn1cnc(C(F)(F)F)c1. The highest BCUT2D eigenvalue weighted by molar-refractivity contribution is 5.37. The number of carbonyl (C=O) groups is 1. The minimum Gasteiger partial charge on any atom is -0.339 e. The molecule has 66 valence electrons. The van der Waals surface area contributed by atoms with E-state index in [1.54, 1.807) is 0 Å². The predicted molar refractivity (Wildman–Crippen MR) is 29.9 cm³/mol. The highest BCUT2D eigenvalue weighted by Gasteiger charge is 2.33. The van der Waals surface area contributed by atoms with Gasteiger partial charge in [0.15, 0.2) is 5.69 Å². The Balaban J connectivity index is 2.84. The lowest BCUT2D eigenvalue weighted by Gasteiger charge is -1.99. The summed E-state index contributed by atoms with van der Waals surface area (Å²) in [4.78, 5) is 16.7. The molecule has 0 aliphatic rings. The summed E-state index contributed by atoms with van der Waals surface area (Å²) in [6.07, 6.45) is -3.21. The fourth-order valence-electron chi connectivity index (χ4n) is 0.560. The second-order valence-electron chi connectivity index (χ2n) is 1.82. The maximum absolute atomic E-state index is 11.8. The second kappa shape index (κ2) is 2.84. The van der Waals surface area contributed by atoms with E-state index in [1.165, 1.54) is 0 Å². The van der Waals surface area contributed by atoms with Gasteiger partial charge in [0.1, 0.15) is 6.33 Å². The Bertz CT molecular complexity index is 280. The monoisotopic (exact) mass is 180 g/mol. The quantitative estimate of drug-likeness (QED) is 0.622. The van der Waals surface area contributed by atoms with Crippen molar-refractivity contribution in [3.05, 3.63) is 18.2 Å². The highest BCUT2D eigenvalue weighted by Crippen LogP contribution is 2.26. The van der Waals surface area contributed by atoms with Crippen molar-refractivity contribution in [3.8, 4) is 0 Å². The third-order valence-electron chi connectivity index (χ3n) is 1.02. The molecule has 0 saturated carbocycles. The number of hydrogen-bond donors (Lipinski definition) is 0. The van der Waals surface area contributed by atoms with Crippen molar-refractivity contribution in [1.82, 2.24) is 9.71 Å². The standard InChI is InChI=1S/C5H3F3N2O2/c6-5(7,8)4-1-10(2-9-4)12-3-11/h1-3H. The van der Waals surface area contributed by atoms with Gasteiger partial charge in [-0.05, 0) is 0 Å². The van der Waals surface area contributed by atoms with Crippen LogP contribution in [0.4, 0.5) is 13.2 Å². The first kappa shape index (κ1) is 8.57. The van der Waals surface area contributed by atoms with Crippen molar-refractivity contribution in [2.45, 2.75) is 6.18 Å². The van der Waals surface area contributed by atoms with Crippen LogP contribution >= 0.6 is 0 Å². The number of carbonyl (C=O) groups excluding carboxylic acids is 1. The van der Waals surface area contributed by atoms with Crippen LogP contribution in [0.2, 0.25) is 0 Å². The van der Waals surface area contributed by atoms with Gasteiger partial charge < -0.3 is 4.84 Å². The van der Waals surface area contributed by atoms with Crippen LogP contribution in [0.25, 0.3) is 0 Å². The van der Waals surface area contributed by atoms with Crippen molar-refractivity contribution < 1.29 is 22.8 Å². The minimum atomic E-state index is -4.52. The smallest absolute Gasteiger partial charge is 0.339 e. The van der Waals surface area contributed by atoms with Gasteiger partial charge >= 0.3 is 12.6 Å². The first-order valence-electron chi connectivity index (χ1n) is 2.76. The molecular weight excluding hydrogens is 177 g/mol. The zero-order valence-corrected chi connectivity index (χ0v) is 5.58. The molecule has 1 aromatic heterocycles. The number of hydrogen-bond acceptors (Lipinski definition) is 3. The van der Waals surface area contributed by atoms with E-state index in [9.17, 15) is 18.0 Å². The van der Waals surface area contributed by atoms with Crippen LogP contribution < -0.4 is 4.84 Å². The van der Waals surface area contributed by atoms with E-state index in [0.717, 1.165) is 6.33 Å². The van der Waals surface area contributed by atoms with Gasteiger partial charge in [0.2, 0.25) is 0 Å². The van der Waals surface area contributed by atoms with E-state index in [-0.39, 0.29) is 6.47 Å². The largest absolute Gasteiger partial charge is 0.435 e. The summed E-state index contributed by atoms with van der Waals surface area (Å²) in [5.74, 6) is 0. The number of halogens is 3. The summed E-state index contributed by atoms with van der Waals surface area (Å²) in [7, 11) is 0. The normalized spacial score (nSPS) is 11.2. The van der Waals surface area contributed by atoms with E-state index in [1.807, 2.05) is 0 Å². The zero-order chi connectivity index (χ0) is 9.19. The topological polar surface area (TPSA) is 44.1 Å². The van der Waals surface area contributed by atoms with Gasteiger partial charge in [0, 0.05) is 0 Å². The van der Waals surface area contributed by atoms with E-state index in [4.69, 9.17) is 0 Å². The van der Waals surface area contributed by atoms with Crippen molar-refractivity contribution in [3.63, 3.8) is 0 Å². The molecule has 0 aliphatic carbocycles. The first-order chi connectivity index (χ1) is 5.54. The summed E-state index contributed by atoms with van der Waals surface area (Å²) in [5, 5.41) is 0. The molecule has 0 N–H and O–H groups in total. The first-order valence-corrected chi connectivity index (χ1v) is 2.76. The highest BCUT2D eigenvalue weighted by atomic mass is 19.4. The lowest BCUT2D eigenvalue weighted by molar-refractivity contribution is -0.141. The van der Waals surface area contributed by atoms with E-state index in [2.05, 4.69) is 9.82 Å². The van der Waals surface area contributed by atoms with Crippen LogP contribution in [-0.4, -0.2) is 16.2 Å². The molecule has 0 radical (unpaired) electrons. The lowest BCUT2D eigenvalue weighted by atomic mass is 10.5. The molecule has 1 rings (SSSR count). The Morgan fingerprint density at radius 2 is 2.25 bits per heavy atom. The lowest BCUT2D eigenvalue weighted by Crippen LogP contribution is -2.08. The molecule has 0 fully saturated rings. The molecule has 4 nitrogen and oxygen atoms in total. The third kappa shape index (κ3) is 1.74. The molecule has 0 aromatic carbocycles. The number of alkyl halides is 3. The van der Waals surface area contributed by atoms with E-state index < -0.39 is 11.9 Å². The van der Waals surface area contributed by atoms with Crippen LogP contribution in [0, 0.1) is 0 Å². The molecule has 0 unspecified atom stereocenters. The fourth-order valence-corrected chi connectivity index (χ4v) is 0.560. The Kier molecular flexibility index (Phi) is 2.03. The summed E-state index contributed by atoms with van der Waals surface area (Å²) >= 11 is 0. The second-order valence-corrected chi connectivity index (χ2v) is 1.82. The average Bonchev–Trinajstić information content (AvgIpc) is 2.35. The summed E-state index contributed by atoms with van der Waals surface area (Å²) in [6, 6.07) is 0. The number of aromatic nitrogens is 2. The Morgan fingerprint density at radius 3 is 2.67 bits per heavy atom. The molecule has 0 amide bonds. The van der Waals surface area contributed by atoms with Crippen molar-refractivity contribution in [2.24, 2.45) is 0 Å². The van der Waals surface area contributed by atoms with Gasteiger partial charge in [0.05, 0.1) is 6.20 Å². The summed E-state index contributed by atoms with van der Waals surface area (Å²) in [5.41, 5.74) is -1.11. The van der Waals surface area contributed by atoms with Crippen LogP contribution in [-0.2, 0) is 11.0 Å². The molecule has 0 saturated heterocycles. The summed E-state index contributed by atoms with van der Waals surface area (Å²) < 4.78 is 36.0. The van der Waals surface area contributed by atoms with E-state index in [0.29, 0.717) is 10.9 Å². The van der Waals surface area contributed by atoms with Crippen molar-refractivity contribution in [2.75, 3.05) is 0 Å². The minimum absolute atomic E-state index is 0.00182. The maximum atomic E-state index is 11.8. The number of nitrogens with zero attached hydrogens (tertiary/aromatic N) is 2. The molecule has 0 spiro atoms. The van der Waals surface area contributed by atoms with Crippen LogP contribution in [0.3, 0.4) is 0 Å². The molecule has 0 aliphatic heterocycles. The number of imidazole rings is 1. The van der Waals surface area contributed by atoms with Crippen LogP contribution in [0.5, 0.6) is 0 Å². The molecule has 0 atom stereocenters. The van der Waals surface area contributed by atoms with Crippen LogP contribution in [0.1, 0.15) is 5.69 Å². The average molecular weight is 180 g/mol. The Labute approximate surface area is 64.5 Å². The molecule has 12 heavy (non-hydrogen) atoms. The molecule has 1 heterocycles. The number of rotatable bonds is 2. The van der Waals surface area contributed by atoms with Gasteiger partial charge in [0.25, 0.3) is 0 Å². The van der Waals surface area contributed by atoms with Crippen LogP contribution in [0.15, 0.2) is 12.5 Å². The Morgan fingerprint density at radius 1 is 1.58 bits per heavy atom. The zero-order valence-electron chi connectivity index (χ0n) is 5.58. The van der Waals surface area contributed by atoms with Gasteiger partial charge in [-0.1, -0.05) is 0 Å². The Hall–Kier alpha value is -1.53. The van der Waals surface area contributed by atoms with Crippen molar-refractivity contribution >= 4 is 6.47 Å². The predicted octanol–water partition coefficient (Wildman–Crippen LogP) is 0.487. The maximum Gasteiger partial charge on any atom is 0.435 e. The van der Waals surface area contributed by atoms with Gasteiger partial charge in [-0.3, -0.25) is 4.79 Å². The molecular formula is C5H3F3N2O2. The third-order valence-corrected chi connectivity index (χ3v) is 1.02. The van der Waals surface area contributed by atoms with Gasteiger partial charge in [-0.25, -0.2) is 4.98 Å². The van der Waals surface area contributed by atoms with Gasteiger partial charge in [-0.2, -0.15) is 17.9 Å². The fraction of sp³-hybridized carbons (Fsp3) is 0.200. The molecule has 0 bridgehead atoms. The molecule has 7 heteroatoms. The summed E-state index contributed by atoms with van der Waals surface area (Å²) in [6.45, 7) is 0.00182. The van der Waals surface area contributed by atoms with Crippen molar-refractivity contribution in [1.29, 1.82) is 0 Å². The van der Waals surface area contributed by atoms with Gasteiger partial charge in [-0.15, -0.1) is 0 Å².